The fourth-order valence-electron chi connectivity index (χ4n) is 3.96. The molecule has 1 fully saturated rings. The Morgan fingerprint density at radius 2 is 1.90 bits per heavy atom. The van der Waals surface area contributed by atoms with Crippen LogP contribution in [-0.4, -0.2) is 42.0 Å². The minimum atomic E-state index is -4.06. The highest BCUT2D eigenvalue weighted by Gasteiger charge is 2.41. The molecule has 1 aromatic heterocycles. The minimum Gasteiger partial charge on any atom is -0.497 e. The molecule has 30 heavy (non-hydrogen) atoms. The van der Waals surface area contributed by atoms with Crippen LogP contribution in [0.25, 0.3) is 0 Å². The number of hydrogen-bond acceptors (Lipinski definition) is 6. The number of methoxy groups -OCH3 is 1. The number of benzene rings is 1. The van der Waals surface area contributed by atoms with Crippen LogP contribution in [0.2, 0.25) is 0 Å². The molecule has 1 aromatic carbocycles. The van der Waals surface area contributed by atoms with Gasteiger partial charge >= 0.3 is 0 Å². The number of pyridine rings is 1. The highest BCUT2D eigenvalue weighted by atomic mass is 32.2. The normalized spacial score (nSPS) is 16.2. The number of nitrogens with zero attached hydrogens (tertiary/aromatic N) is 2. The summed E-state index contributed by atoms with van der Waals surface area (Å²) in [5.41, 5.74) is 2.20. The second-order valence-electron chi connectivity index (χ2n) is 7.37. The first kappa shape index (κ1) is 22.2. The second-order valence-corrected chi connectivity index (χ2v) is 9.26. The first-order valence-corrected chi connectivity index (χ1v) is 11.4. The number of hydrogen-bond donors (Lipinski definition) is 2. The van der Waals surface area contributed by atoms with Crippen molar-refractivity contribution in [2.75, 3.05) is 7.11 Å². The van der Waals surface area contributed by atoms with Crippen molar-refractivity contribution >= 4 is 15.9 Å². The molecule has 2 N–H and O–H groups in total. The van der Waals surface area contributed by atoms with Crippen molar-refractivity contribution in [2.24, 2.45) is 5.92 Å². The van der Waals surface area contributed by atoms with Gasteiger partial charge in [0.15, 0.2) is 0 Å². The van der Waals surface area contributed by atoms with Crippen molar-refractivity contribution in [3.8, 4) is 5.75 Å². The zero-order valence-corrected chi connectivity index (χ0v) is 17.7. The standard InChI is InChI=1S/C21H27N3O5S/c1-29-18-10-12-19(13-11-18)30(27,28)24(15-17-9-5-6-14-22-17)20(21(25)23-26)16-7-3-2-4-8-16/h5-6,9-14,16,20,26H,2-4,7-8,15H2,1H3,(H,23,25)/t20-/m1/s1. The van der Waals surface area contributed by atoms with E-state index in [0.29, 0.717) is 11.4 Å². The molecule has 0 saturated heterocycles. The zero-order valence-electron chi connectivity index (χ0n) is 16.9. The van der Waals surface area contributed by atoms with Crippen LogP contribution in [0.1, 0.15) is 37.8 Å². The van der Waals surface area contributed by atoms with Gasteiger partial charge in [-0.05, 0) is 55.2 Å². The van der Waals surface area contributed by atoms with Crippen LogP contribution in [0, 0.1) is 5.92 Å². The average Bonchev–Trinajstić information content (AvgIpc) is 2.80. The smallest absolute Gasteiger partial charge is 0.262 e. The molecular weight excluding hydrogens is 406 g/mol. The van der Waals surface area contributed by atoms with Gasteiger partial charge in [0.25, 0.3) is 5.91 Å². The Morgan fingerprint density at radius 1 is 1.20 bits per heavy atom. The third-order valence-electron chi connectivity index (χ3n) is 5.50. The van der Waals surface area contributed by atoms with Crippen LogP contribution in [0.5, 0.6) is 5.75 Å². The molecular formula is C21H27N3O5S. The quantitative estimate of drug-likeness (QED) is 0.489. The highest BCUT2D eigenvalue weighted by Crippen LogP contribution is 2.33. The summed E-state index contributed by atoms with van der Waals surface area (Å²) in [7, 11) is -2.56. The van der Waals surface area contributed by atoms with Gasteiger partial charge in [-0.25, -0.2) is 13.9 Å². The Balaban J connectivity index is 2.05. The van der Waals surface area contributed by atoms with Gasteiger partial charge in [0, 0.05) is 6.20 Å². The van der Waals surface area contributed by atoms with E-state index < -0.39 is 22.0 Å². The van der Waals surface area contributed by atoms with Crippen molar-refractivity contribution in [1.82, 2.24) is 14.8 Å². The van der Waals surface area contributed by atoms with E-state index in [9.17, 15) is 18.4 Å². The molecule has 162 valence electrons. The molecule has 2 aromatic rings. The Labute approximate surface area is 176 Å². The van der Waals surface area contributed by atoms with Crippen LogP contribution in [0.4, 0.5) is 0 Å². The fourth-order valence-corrected chi connectivity index (χ4v) is 5.58. The van der Waals surface area contributed by atoms with Gasteiger partial charge in [-0.15, -0.1) is 0 Å². The molecule has 0 bridgehead atoms. The summed E-state index contributed by atoms with van der Waals surface area (Å²) >= 11 is 0. The first-order chi connectivity index (χ1) is 14.5. The number of sulfonamides is 1. The minimum absolute atomic E-state index is 0.0470. The van der Waals surface area contributed by atoms with Crippen molar-refractivity contribution in [3.05, 3.63) is 54.4 Å². The number of carbonyl (C=O) groups excluding carboxylic acids is 1. The molecule has 0 unspecified atom stereocenters. The first-order valence-electron chi connectivity index (χ1n) is 9.97. The van der Waals surface area contributed by atoms with Crippen molar-refractivity contribution in [2.45, 2.75) is 49.6 Å². The molecule has 8 nitrogen and oxygen atoms in total. The number of aromatic nitrogens is 1. The lowest BCUT2D eigenvalue weighted by atomic mass is 9.83. The molecule has 0 radical (unpaired) electrons. The van der Waals surface area contributed by atoms with Crippen molar-refractivity contribution in [1.29, 1.82) is 0 Å². The summed E-state index contributed by atoms with van der Waals surface area (Å²) in [6.45, 7) is -0.0796. The van der Waals surface area contributed by atoms with E-state index in [2.05, 4.69) is 4.98 Å². The summed E-state index contributed by atoms with van der Waals surface area (Å²) in [5.74, 6) is -0.389. The maximum Gasteiger partial charge on any atom is 0.262 e. The predicted octanol–water partition coefficient (Wildman–Crippen LogP) is 2.74. The van der Waals surface area contributed by atoms with Gasteiger partial charge in [-0.1, -0.05) is 25.3 Å². The molecule has 9 heteroatoms. The molecule has 1 aliphatic carbocycles. The second kappa shape index (κ2) is 10.0. The number of rotatable bonds is 8. The van der Waals surface area contributed by atoms with Crippen LogP contribution >= 0.6 is 0 Å². The molecule has 1 saturated carbocycles. The molecule has 1 amide bonds. The van der Waals surface area contributed by atoms with Gasteiger partial charge in [0.05, 0.1) is 24.2 Å². The topological polar surface area (TPSA) is 109 Å². The van der Waals surface area contributed by atoms with E-state index in [0.717, 1.165) is 32.1 Å². The Bertz CT molecular complexity index is 929. The largest absolute Gasteiger partial charge is 0.497 e. The van der Waals surface area contributed by atoms with E-state index in [1.54, 1.807) is 42.0 Å². The highest BCUT2D eigenvalue weighted by molar-refractivity contribution is 7.89. The van der Waals surface area contributed by atoms with Crippen molar-refractivity contribution < 1.29 is 23.2 Å². The summed E-state index contributed by atoms with van der Waals surface area (Å²) in [4.78, 5) is 17.0. The maximum absolute atomic E-state index is 13.6. The molecule has 1 atom stereocenters. The van der Waals surface area contributed by atoms with Crippen molar-refractivity contribution in [3.63, 3.8) is 0 Å². The van der Waals surface area contributed by atoms with Crippen LogP contribution in [0.3, 0.4) is 0 Å². The molecule has 3 rings (SSSR count). The third kappa shape index (κ3) is 4.97. The number of nitrogens with one attached hydrogen (secondary N) is 1. The third-order valence-corrected chi connectivity index (χ3v) is 7.34. The Kier molecular flexibility index (Phi) is 7.41. The number of carbonyl (C=O) groups is 1. The van der Waals surface area contributed by atoms with E-state index >= 15 is 0 Å². The molecule has 0 spiro atoms. The van der Waals surface area contributed by atoms with E-state index in [1.165, 1.54) is 23.5 Å². The van der Waals surface area contributed by atoms with E-state index in [4.69, 9.17) is 4.74 Å². The molecule has 1 aliphatic rings. The lowest BCUT2D eigenvalue weighted by Crippen LogP contribution is -2.52. The van der Waals surface area contributed by atoms with Crippen LogP contribution < -0.4 is 10.2 Å². The predicted molar refractivity (Wildman–Crippen MR) is 110 cm³/mol. The van der Waals surface area contributed by atoms with Gasteiger partial charge in [0.1, 0.15) is 11.8 Å². The monoisotopic (exact) mass is 433 g/mol. The van der Waals surface area contributed by atoms with Gasteiger partial charge in [-0.3, -0.25) is 15.0 Å². The SMILES string of the molecule is COc1ccc(S(=O)(=O)N(Cc2ccccn2)[C@@H](C(=O)NO)C2CCCCC2)cc1. The van der Waals surface area contributed by atoms with Gasteiger partial charge in [-0.2, -0.15) is 4.31 Å². The molecule has 1 heterocycles. The summed E-state index contributed by atoms with van der Waals surface area (Å²) in [6.07, 6.45) is 5.90. The zero-order chi connectivity index (χ0) is 21.6. The number of amides is 1. The van der Waals surface area contributed by atoms with Gasteiger partial charge < -0.3 is 4.74 Å². The maximum atomic E-state index is 13.6. The number of hydroxylamine groups is 1. The molecule has 0 aliphatic heterocycles. The number of ether oxygens (including phenoxy) is 1. The van der Waals surface area contributed by atoms with E-state index in [-0.39, 0.29) is 17.4 Å². The summed E-state index contributed by atoms with van der Waals surface area (Å²) in [5, 5.41) is 9.40. The lowest BCUT2D eigenvalue weighted by Gasteiger charge is -2.36. The van der Waals surface area contributed by atoms with Gasteiger partial charge in [0.2, 0.25) is 10.0 Å². The summed E-state index contributed by atoms with van der Waals surface area (Å²) in [6, 6.07) is 10.2. The van der Waals surface area contributed by atoms with Crippen LogP contribution in [0.15, 0.2) is 53.6 Å². The lowest BCUT2D eigenvalue weighted by molar-refractivity contribution is -0.135. The Morgan fingerprint density at radius 3 is 2.47 bits per heavy atom. The fraction of sp³-hybridized carbons (Fsp3) is 0.429. The average molecular weight is 434 g/mol. The Hall–Kier alpha value is -2.49. The van der Waals surface area contributed by atoms with Crippen LogP contribution in [-0.2, 0) is 21.4 Å². The summed E-state index contributed by atoms with van der Waals surface area (Å²) < 4.78 is 33.6. The van der Waals surface area contributed by atoms with E-state index in [1.807, 2.05) is 0 Å².